The van der Waals surface area contributed by atoms with Crippen LogP contribution in [0.25, 0.3) is 0 Å². The van der Waals surface area contributed by atoms with E-state index in [-0.39, 0.29) is 12.1 Å². The molecule has 4 heteroatoms. The minimum Gasteiger partial charge on any atom is -0.326 e. The van der Waals surface area contributed by atoms with Crippen LogP contribution in [0.3, 0.4) is 0 Å². The largest absolute Gasteiger partial charge is 0.326 e. The number of nitrogens with zero attached hydrogens (tertiary/aromatic N) is 1. The van der Waals surface area contributed by atoms with Gasteiger partial charge in [0.15, 0.2) is 0 Å². The molecule has 0 saturated carbocycles. The molecule has 0 aromatic carbocycles. The highest BCUT2D eigenvalue weighted by molar-refractivity contribution is 5.15. The lowest BCUT2D eigenvalue weighted by molar-refractivity contribution is 0.891. The van der Waals surface area contributed by atoms with Gasteiger partial charge in [-0.3, -0.25) is 4.79 Å². The van der Waals surface area contributed by atoms with E-state index < -0.39 is 0 Å². The molecule has 1 heterocycles. The molecule has 0 aliphatic heterocycles. The fourth-order valence-electron chi connectivity index (χ4n) is 0.980. The van der Waals surface area contributed by atoms with E-state index in [2.05, 4.69) is 9.97 Å². The van der Waals surface area contributed by atoms with Gasteiger partial charge < -0.3 is 10.7 Å². The summed E-state index contributed by atoms with van der Waals surface area (Å²) in [6, 6.07) is 0. The molecule has 0 radical (unpaired) electrons. The van der Waals surface area contributed by atoms with Crippen molar-refractivity contribution >= 4 is 0 Å². The third kappa shape index (κ3) is 1.46. The van der Waals surface area contributed by atoms with Crippen LogP contribution in [0.1, 0.15) is 18.2 Å². The maximum absolute atomic E-state index is 11.1. The molecule has 0 aliphatic rings. The van der Waals surface area contributed by atoms with Gasteiger partial charge in [-0.15, -0.1) is 0 Å². The van der Waals surface area contributed by atoms with Crippen molar-refractivity contribution in [1.29, 1.82) is 0 Å². The molecule has 0 atom stereocenters. The van der Waals surface area contributed by atoms with E-state index in [1.165, 1.54) is 6.33 Å². The highest BCUT2D eigenvalue weighted by Crippen LogP contribution is 1.97. The SMILES string of the molecule is CCc1nc[nH]c(=O)c1CN. The van der Waals surface area contributed by atoms with Crippen LogP contribution in [0.2, 0.25) is 0 Å². The number of nitrogens with two attached hydrogens (primary N) is 1. The van der Waals surface area contributed by atoms with E-state index in [0.717, 1.165) is 12.1 Å². The topological polar surface area (TPSA) is 71.8 Å². The van der Waals surface area contributed by atoms with Crippen molar-refractivity contribution in [2.45, 2.75) is 19.9 Å². The smallest absolute Gasteiger partial charge is 0.255 e. The molecule has 3 N–H and O–H groups in total. The Morgan fingerprint density at radius 3 is 2.91 bits per heavy atom. The maximum Gasteiger partial charge on any atom is 0.255 e. The highest BCUT2D eigenvalue weighted by atomic mass is 16.1. The van der Waals surface area contributed by atoms with E-state index in [1.807, 2.05) is 6.92 Å². The number of aromatic nitrogens is 2. The number of nitrogens with one attached hydrogen (secondary N) is 1. The molecule has 0 aliphatic carbocycles. The first-order chi connectivity index (χ1) is 5.29. The van der Waals surface area contributed by atoms with Gasteiger partial charge in [-0.05, 0) is 6.42 Å². The van der Waals surface area contributed by atoms with Crippen LogP contribution in [-0.2, 0) is 13.0 Å². The van der Waals surface area contributed by atoms with Crippen LogP contribution >= 0.6 is 0 Å². The lowest BCUT2D eigenvalue weighted by atomic mass is 10.2. The second-order valence-corrected chi connectivity index (χ2v) is 2.21. The molecular formula is C7H11N3O. The van der Waals surface area contributed by atoms with Gasteiger partial charge >= 0.3 is 0 Å². The molecule has 4 nitrogen and oxygen atoms in total. The summed E-state index contributed by atoms with van der Waals surface area (Å²) < 4.78 is 0. The van der Waals surface area contributed by atoms with Crippen LogP contribution in [-0.4, -0.2) is 9.97 Å². The Morgan fingerprint density at radius 2 is 2.45 bits per heavy atom. The fraction of sp³-hybridized carbons (Fsp3) is 0.429. The standard InChI is InChI=1S/C7H11N3O/c1-2-6-5(3-8)7(11)10-4-9-6/h4H,2-3,8H2,1H3,(H,9,10,11). The summed E-state index contributed by atoms with van der Waals surface area (Å²) in [7, 11) is 0. The summed E-state index contributed by atoms with van der Waals surface area (Å²) in [4.78, 5) is 17.5. The van der Waals surface area contributed by atoms with Crippen molar-refractivity contribution in [3.8, 4) is 0 Å². The van der Waals surface area contributed by atoms with Gasteiger partial charge in [-0.25, -0.2) is 4.98 Å². The normalized spacial score (nSPS) is 10.0. The Labute approximate surface area is 64.5 Å². The molecule has 0 spiro atoms. The molecular weight excluding hydrogens is 142 g/mol. The van der Waals surface area contributed by atoms with Crippen LogP contribution in [0, 0.1) is 0 Å². The lowest BCUT2D eigenvalue weighted by Crippen LogP contribution is -2.19. The number of hydrogen-bond acceptors (Lipinski definition) is 3. The predicted molar refractivity (Wildman–Crippen MR) is 42.1 cm³/mol. The second-order valence-electron chi connectivity index (χ2n) is 2.21. The zero-order chi connectivity index (χ0) is 8.27. The Hall–Kier alpha value is -1.16. The first kappa shape index (κ1) is 7.94. The molecule has 60 valence electrons. The summed E-state index contributed by atoms with van der Waals surface area (Å²) >= 11 is 0. The Balaban J connectivity index is 3.24. The monoisotopic (exact) mass is 153 g/mol. The quantitative estimate of drug-likeness (QED) is 0.617. The van der Waals surface area contributed by atoms with Crippen LogP contribution in [0.15, 0.2) is 11.1 Å². The highest BCUT2D eigenvalue weighted by Gasteiger charge is 2.02. The summed E-state index contributed by atoms with van der Waals surface area (Å²) in [5.74, 6) is 0. The predicted octanol–water partition coefficient (Wildman–Crippen LogP) is -0.209. The molecule has 0 unspecified atom stereocenters. The van der Waals surface area contributed by atoms with E-state index >= 15 is 0 Å². The molecule has 0 saturated heterocycles. The molecule has 0 bridgehead atoms. The zero-order valence-electron chi connectivity index (χ0n) is 6.42. The molecule has 1 rings (SSSR count). The van der Waals surface area contributed by atoms with Crippen LogP contribution < -0.4 is 11.3 Å². The molecule has 11 heavy (non-hydrogen) atoms. The maximum atomic E-state index is 11.1. The van der Waals surface area contributed by atoms with Crippen molar-refractivity contribution in [1.82, 2.24) is 9.97 Å². The van der Waals surface area contributed by atoms with Crippen molar-refractivity contribution in [3.63, 3.8) is 0 Å². The first-order valence-electron chi connectivity index (χ1n) is 3.55. The number of rotatable bonds is 2. The minimum atomic E-state index is -0.126. The van der Waals surface area contributed by atoms with E-state index in [0.29, 0.717) is 5.56 Å². The lowest BCUT2D eigenvalue weighted by Gasteiger charge is -2.00. The van der Waals surface area contributed by atoms with Crippen LogP contribution in [0.5, 0.6) is 0 Å². The third-order valence-electron chi connectivity index (χ3n) is 1.58. The summed E-state index contributed by atoms with van der Waals surface area (Å²) in [6.45, 7) is 2.20. The molecule has 1 aromatic rings. The first-order valence-corrected chi connectivity index (χ1v) is 3.55. The van der Waals surface area contributed by atoms with E-state index in [1.54, 1.807) is 0 Å². The van der Waals surface area contributed by atoms with Crippen molar-refractivity contribution in [3.05, 3.63) is 27.9 Å². The molecule has 0 amide bonds. The minimum absolute atomic E-state index is 0.126. The number of aromatic amines is 1. The Bertz CT molecular complexity index is 292. The molecule has 0 fully saturated rings. The van der Waals surface area contributed by atoms with Gasteiger partial charge in [0.1, 0.15) is 0 Å². The fourth-order valence-corrected chi connectivity index (χ4v) is 0.980. The van der Waals surface area contributed by atoms with Gasteiger partial charge in [0.25, 0.3) is 5.56 Å². The average Bonchev–Trinajstić information content (AvgIpc) is 2.04. The van der Waals surface area contributed by atoms with Crippen LogP contribution in [0.4, 0.5) is 0 Å². The summed E-state index contributed by atoms with van der Waals surface area (Å²) in [5, 5.41) is 0. The third-order valence-corrected chi connectivity index (χ3v) is 1.58. The number of hydrogen-bond donors (Lipinski definition) is 2. The van der Waals surface area contributed by atoms with Gasteiger partial charge in [-0.1, -0.05) is 6.92 Å². The van der Waals surface area contributed by atoms with E-state index in [4.69, 9.17) is 5.73 Å². The molecule has 1 aromatic heterocycles. The van der Waals surface area contributed by atoms with Gasteiger partial charge in [0.05, 0.1) is 17.6 Å². The number of aryl methyl sites for hydroxylation is 1. The number of H-pyrrole nitrogens is 1. The zero-order valence-corrected chi connectivity index (χ0v) is 6.42. The summed E-state index contributed by atoms with van der Waals surface area (Å²) in [6.07, 6.45) is 2.15. The average molecular weight is 153 g/mol. The van der Waals surface area contributed by atoms with Gasteiger partial charge in [0.2, 0.25) is 0 Å². The Kier molecular flexibility index (Phi) is 2.38. The summed E-state index contributed by atoms with van der Waals surface area (Å²) in [5.41, 5.74) is 6.62. The van der Waals surface area contributed by atoms with Crippen molar-refractivity contribution < 1.29 is 0 Å². The Morgan fingerprint density at radius 1 is 1.73 bits per heavy atom. The van der Waals surface area contributed by atoms with Gasteiger partial charge in [-0.2, -0.15) is 0 Å². The second kappa shape index (κ2) is 3.30. The van der Waals surface area contributed by atoms with E-state index in [9.17, 15) is 4.79 Å². The van der Waals surface area contributed by atoms with Crippen molar-refractivity contribution in [2.24, 2.45) is 5.73 Å². The van der Waals surface area contributed by atoms with Gasteiger partial charge in [0, 0.05) is 6.54 Å². The van der Waals surface area contributed by atoms with Crippen molar-refractivity contribution in [2.75, 3.05) is 0 Å².